The van der Waals surface area contributed by atoms with Crippen LogP contribution in [0.4, 0.5) is 0 Å². The van der Waals surface area contributed by atoms with Crippen LogP contribution in [-0.4, -0.2) is 0 Å². The van der Waals surface area contributed by atoms with Crippen molar-refractivity contribution in [2.24, 2.45) is 0 Å². The van der Waals surface area contributed by atoms with Gasteiger partial charge in [-0.1, -0.05) is 25.7 Å². The second-order valence-electron chi connectivity index (χ2n) is 3.28. The molecule has 12 heavy (non-hydrogen) atoms. The van der Waals surface area contributed by atoms with Crippen molar-refractivity contribution in [1.82, 2.24) is 0 Å². The monoisotopic (exact) mass is 162 g/mol. The molecule has 0 unspecified atom stereocenters. The summed E-state index contributed by atoms with van der Waals surface area (Å²) in [6, 6.07) is 0. The lowest BCUT2D eigenvalue weighted by atomic mass is 9.85. The number of rotatable bonds is 1. The lowest BCUT2D eigenvalue weighted by Crippen LogP contribution is -2.01. The van der Waals surface area contributed by atoms with E-state index < -0.39 is 0 Å². The molecule has 0 saturated heterocycles. The average Bonchev–Trinajstić information content (AvgIpc) is 2.09. The third kappa shape index (κ3) is 1.88. The molecule has 0 spiro atoms. The second-order valence-corrected chi connectivity index (χ2v) is 3.28. The molecule has 0 heterocycles. The van der Waals surface area contributed by atoms with Gasteiger partial charge in [-0.25, -0.2) is 0 Å². The minimum absolute atomic E-state index is 1.13. The Kier molecular flexibility index (Phi) is 3.33. The first-order chi connectivity index (χ1) is 5.79. The van der Waals surface area contributed by atoms with Crippen molar-refractivity contribution in [3.8, 4) is 0 Å². The van der Waals surface area contributed by atoms with Gasteiger partial charge in [-0.15, -0.1) is 0 Å². The Labute approximate surface area is 75.7 Å². The van der Waals surface area contributed by atoms with Crippen LogP contribution in [0.3, 0.4) is 0 Å². The van der Waals surface area contributed by atoms with E-state index in [2.05, 4.69) is 32.6 Å². The molecular formula is C12H18. The molecule has 0 radical (unpaired) electrons. The summed E-state index contributed by atoms with van der Waals surface area (Å²) in [5.41, 5.74) is 4.20. The molecule has 66 valence electrons. The molecule has 0 aromatic heterocycles. The largest absolute Gasteiger partial charge is 0.0912 e. The third-order valence-electron chi connectivity index (χ3n) is 2.47. The Morgan fingerprint density at radius 1 is 1.33 bits per heavy atom. The summed E-state index contributed by atoms with van der Waals surface area (Å²) in [5, 5.41) is 0. The van der Waals surface area contributed by atoms with E-state index in [1.165, 1.54) is 36.0 Å². The quantitative estimate of drug-likeness (QED) is 0.546. The summed E-state index contributed by atoms with van der Waals surface area (Å²) in [5.74, 6) is 0. The van der Waals surface area contributed by atoms with Gasteiger partial charge in [-0.3, -0.25) is 0 Å². The number of hydrogen-bond donors (Lipinski definition) is 0. The molecule has 0 amide bonds. The van der Waals surface area contributed by atoms with E-state index in [0.29, 0.717) is 0 Å². The molecule has 0 aromatic carbocycles. The predicted octanol–water partition coefficient (Wildman–Crippen LogP) is 4.01. The van der Waals surface area contributed by atoms with Crippen molar-refractivity contribution in [2.45, 2.75) is 39.5 Å². The van der Waals surface area contributed by atoms with E-state index >= 15 is 0 Å². The SMILES string of the molecule is C=C1C(=CC)CCCC1=CCC. The molecule has 0 bridgehead atoms. The van der Waals surface area contributed by atoms with Gasteiger partial charge in [0.15, 0.2) is 0 Å². The van der Waals surface area contributed by atoms with Crippen LogP contribution >= 0.6 is 0 Å². The van der Waals surface area contributed by atoms with Crippen molar-refractivity contribution < 1.29 is 0 Å². The summed E-state index contributed by atoms with van der Waals surface area (Å²) < 4.78 is 0. The van der Waals surface area contributed by atoms with E-state index in [9.17, 15) is 0 Å². The Bertz CT molecular complexity index is 228. The molecule has 1 aliphatic carbocycles. The molecule has 0 aliphatic heterocycles. The Hall–Kier alpha value is -0.780. The molecular weight excluding hydrogens is 144 g/mol. The fraction of sp³-hybridized carbons (Fsp3) is 0.500. The molecule has 0 heteroatoms. The zero-order valence-corrected chi connectivity index (χ0v) is 8.19. The van der Waals surface area contributed by atoms with Crippen LogP contribution in [0, 0.1) is 0 Å². The highest BCUT2D eigenvalue weighted by Gasteiger charge is 2.12. The van der Waals surface area contributed by atoms with E-state index in [1.54, 1.807) is 0 Å². The molecule has 1 aliphatic rings. The lowest BCUT2D eigenvalue weighted by molar-refractivity contribution is 0.769. The fourth-order valence-corrected chi connectivity index (χ4v) is 1.77. The highest BCUT2D eigenvalue weighted by molar-refractivity contribution is 5.46. The molecule has 0 N–H and O–H groups in total. The van der Waals surface area contributed by atoms with Gasteiger partial charge in [-0.05, 0) is 49.3 Å². The topological polar surface area (TPSA) is 0 Å². The third-order valence-corrected chi connectivity index (χ3v) is 2.47. The van der Waals surface area contributed by atoms with E-state index in [1.807, 2.05) is 0 Å². The zero-order valence-electron chi connectivity index (χ0n) is 8.19. The molecule has 1 fully saturated rings. The van der Waals surface area contributed by atoms with Gasteiger partial charge in [0.1, 0.15) is 0 Å². The van der Waals surface area contributed by atoms with Gasteiger partial charge >= 0.3 is 0 Å². The first-order valence-electron chi connectivity index (χ1n) is 4.83. The highest BCUT2D eigenvalue weighted by atomic mass is 14.2. The van der Waals surface area contributed by atoms with Gasteiger partial charge in [-0.2, -0.15) is 0 Å². The summed E-state index contributed by atoms with van der Waals surface area (Å²) in [6.45, 7) is 8.42. The van der Waals surface area contributed by atoms with Crippen LogP contribution in [0.25, 0.3) is 0 Å². The van der Waals surface area contributed by atoms with Crippen LogP contribution in [0.15, 0.2) is 35.5 Å². The molecule has 0 aromatic rings. The van der Waals surface area contributed by atoms with E-state index in [4.69, 9.17) is 0 Å². The van der Waals surface area contributed by atoms with Crippen molar-refractivity contribution in [3.05, 3.63) is 35.5 Å². The van der Waals surface area contributed by atoms with Crippen LogP contribution in [0.5, 0.6) is 0 Å². The van der Waals surface area contributed by atoms with Gasteiger partial charge in [0.25, 0.3) is 0 Å². The van der Waals surface area contributed by atoms with Gasteiger partial charge in [0.05, 0.1) is 0 Å². The van der Waals surface area contributed by atoms with Crippen LogP contribution in [0.1, 0.15) is 39.5 Å². The van der Waals surface area contributed by atoms with Crippen molar-refractivity contribution in [3.63, 3.8) is 0 Å². The van der Waals surface area contributed by atoms with Crippen molar-refractivity contribution in [1.29, 1.82) is 0 Å². The minimum atomic E-state index is 1.13. The molecule has 0 atom stereocenters. The van der Waals surface area contributed by atoms with Gasteiger partial charge in [0, 0.05) is 0 Å². The van der Waals surface area contributed by atoms with E-state index in [0.717, 1.165) is 6.42 Å². The predicted molar refractivity (Wildman–Crippen MR) is 55.1 cm³/mol. The second kappa shape index (κ2) is 4.30. The lowest BCUT2D eigenvalue weighted by Gasteiger charge is -2.20. The normalized spacial score (nSPS) is 25.3. The number of hydrogen-bond acceptors (Lipinski definition) is 0. The standard InChI is InChI=1S/C12H18/c1-4-7-12-9-6-8-11(5-2)10(12)3/h5,7H,3-4,6,8-9H2,1-2H3. The van der Waals surface area contributed by atoms with Crippen molar-refractivity contribution in [2.75, 3.05) is 0 Å². The van der Waals surface area contributed by atoms with Crippen molar-refractivity contribution >= 4 is 0 Å². The highest BCUT2D eigenvalue weighted by Crippen LogP contribution is 2.32. The zero-order chi connectivity index (χ0) is 8.97. The maximum absolute atomic E-state index is 4.13. The van der Waals surface area contributed by atoms with Gasteiger partial charge in [0.2, 0.25) is 0 Å². The summed E-state index contributed by atoms with van der Waals surface area (Å²) >= 11 is 0. The van der Waals surface area contributed by atoms with Crippen LogP contribution in [0.2, 0.25) is 0 Å². The molecule has 1 saturated carbocycles. The van der Waals surface area contributed by atoms with Crippen LogP contribution in [-0.2, 0) is 0 Å². The number of allylic oxidation sites excluding steroid dienone is 5. The Morgan fingerprint density at radius 2 is 2.00 bits per heavy atom. The summed E-state index contributed by atoms with van der Waals surface area (Å²) in [6.07, 6.45) is 9.38. The maximum Gasteiger partial charge on any atom is -0.0271 e. The Balaban J connectivity index is 2.80. The van der Waals surface area contributed by atoms with Crippen LogP contribution < -0.4 is 0 Å². The van der Waals surface area contributed by atoms with E-state index in [-0.39, 0.29) is 0 Å². The maximum atomic E-state index is 4.13. The smallest absolute Gasteiger partial charge is 0.0271 e. The fourth-order valence-electron chi connectivity index (χ4n) is 1.77. The summed E-state index contributed by atoms with van der Waals surface area (Å²) in [4.78, 5) is 0. The average molecular weight is 162 g/mol. The molecule has 0 nitrogen and oxygen atoms in total. The minimum Gasteiger partial charge on any atom is -0.0912 e. The molecule has 1 rings (SSSR count). The first kappa shape index (κ1) is 9.31. The summed E-state index contributed by atoms with van der Waals surface area (Å²) in [7, 11) is 0. The first-order valence-corrected chi connectivity index (χ1v) is 4.83. The Morgan fingerprint density at radius 3 is 2.58 bits per heavy atom. The van der Waals surface area contributed by atoms with Gasteiger partial charge < -0.3 is 0 Å².